The molecule has 0 aromatic heterocycles. The number of rotatable bonds is 2. The number of carbonyl (C=O) groups excluding carboxylic acids is 1. The Balaban J connectivity index is 2.39. The van der Waals surface area contributed by atoms with Crippen molar-refractivity contribution in [2.45, 2.75) is 32.9 Å². The Morgan fingerprint density at radius 3 is 2.37 bits per heavy atom. The van der Waals surface area contributed by atoms with E-state index in [1.807, 2.05) is 49.8 Å². The quantitative estimate of drug-likeness (QED) is 0.874. The van der Waals surface area contributed by atoms with Crippen LogP contribution in [0.4, 0.5) is 5.69 Å². The van der Waals surface area contributed by atoms with Crippen molar-refractivity contribution < 1.29 is 9.90 Å². The van der Waals surface area contributed by atoms with Crippen molar-refractivity contribution >= 4 is 11.6 Å². The number of aliphatic hydroxyl groups is 1. The van der Waals surface area contributed by atoms with Crippen LogP contribution in [0.25, 0.3) is 0 Å². The zero-order valence-electron chi connectivity index (χ0n) is 12.1. The maximum Gasteiger partial charge on any atom is 0.247 e. The summed E-state index contributed by atoms with van der Waals surface area (Å²) in [5.74, 6) is -0.0197. The second kappa shape index (κ2) is 5.31. The van der Waals surface area contributed by atoms with E-state index in [-0.39, 0.29) is 18.6 Å². The number of nitrogens with zero attached hydrogens (tertiary/aromatic N) is 2. The fraction of sp³-hybridized carbons (Fsp3) is 0.533. The molecule has 1 aliphatic rings. The van der Waals surface area contributed by atoms with Crippen molar-refractivity contribution in [3.8, 4) is 0 Å². The zero-order chi connectivity index (χ0) is 14.2. The predicted octanol–water partition coefficient (Wildman–Crippen LogP) is 1.33. The average molecular weight is 262 g/mol. The largest absolute Gasteiger partial charge is 0.394 e. The summed E-state index contributed by atoms with van der Waals surface area (Å²) < 4.78 is 0. The van der Waals surface area contributed by atoms with Crippen molar-refractivity contribution in [3.05, 3.63) is 29.3 Å². The zero-order valence-corrected chi connectivity index (χ0v) is 12.1. The summed E-state index contributed by atoms with van der Waals surface area (Å²) in [7, 11) is 1.88. The summed E-state index contributed by atoms with van der Waals surface area (Å²) in [4.78, 5) is 16.3. The molecule has 104 valence electrons. The minimum absolute atomic E-state index is 0.0197. The molecule has 1 aromatic carbocycles. The Morgan fingerprint density at radius 2 is 1.84 bits per heavy atom. The van der Waals surface area contributed by atoms with Crippen LogP contribution in [-0.2, 0) is 4.79 Å². The third-order valence-corrected chi connectivity index (χ3v) is 3.71. The Morgan fingerprint density at radius 1 is 1.26 bits per heavy atom. The first kappa shape index (κ1) is 14.0. The van der Waals surface area contributed by atoms with Gasteiger partial charge in [-0.3, -0.25) is 9.69 Å². The Kier molecular flexibility index (Phi) is 3.92. The highest BCUT2D eigenvalue weighted by molar-refractivity contribution is 5.98. The number of aliphatic hydroxyl groups excluding tert-OH is 1. The van der Waals surface area contributed by atoms with Gasteiger partial charge in [-0.1, -0.05) is 6.07 Å². The standard InChI is InChI=1S/C15H22N2O2/c1-10-5-11(2)7-13(6-10)17-12(3)8-16(4)14(9-18)15(17)19/h5-7,12,14,18H,8-9H2,1-4H3. The van der Waals surface area contributed by atoms with Crippen LogP contribution in [0.3, 0.4) is 0 Å². The van der Waals surface area contributed by atoms with Crippen molar-refractivity contribution in [3.63, 3.8) is 0 Å². The van der Waals surface area contributed by atoms with E-state index in [4.69, 9.17) is 0 Å². The molecule has 4 heteroatoms. The van der Waals surface area contributed by atoms with Gasteiger partial charge in [-0.15, -0.1) is 0 Å². The van der Waals surface area contributed by atoms with Gasteiger partial charge in [0.05, 0.1) is 6.61 Å². The number of hydrogen-bond acceptors (Lipinski definition) is 3. The monoisotopic (exact) mass is 262 g/mol. The number of piperazine rings is 1. The summed E-state index contributed by atoms with van der Waals surface area (Å²) in [5.41, 5.74) is 3.23. The number of carbonyl (C=O) groups is 1. The molecule has 19 heavy (non-hydrogen) atoms. The first-order valence-corrected chi connectivity index (χ1v) is 6.66. The third kappa shape index (κ3) is 2.65. The summed E-state index contributed by atoms with van der Waals surface area (Å²) in [5, 5.41) is 9.40. The number of likely N-dealkylation sites (N-methyl/N-ethyl adjacent to an activating group) is 1. The lowest BCUT2D eigenvalue weighted by molar-refractivity contribution is -0.127. The minimum Gasteiger partial charge on any atom is -0.394 e. The van der Waals surface area contributed by atoms with Gasteiger partial charge in [0.2, 0.25) is 5.91 Å². The molecule has 1 heterocycles. The number of amides is 1. The molecule has 2 rings (SSSR count). The van der Waals surface area contributed by atoms with Gasteiger partial charge in [0, 0.05) is 18.3 Å². The lowest BCUT2D eigenvalue weighted by atomic mass is 10.0. The van der Waals surface area contributed by atoms with E-state index < -0.39 is 6.04 Å². The smallest absolute Gasteiger partial charge is 0.247 e. The van der Waals surface area contributed by atoms with Gasteiger partial charge in [-0.25, -0.2) is 0 Å². The second-order valence-corrected chi connectivity index (χ2v) is 5.54. The molecule has 2 unspecified atom stereocenters. The normalized spacial score (nSPS) is 24.9. The summed E-state index contributed by atoms with van der Waals surface area (Å²) in [6, 6.07) is 5.83. The molecule has 1 fully saturated rings. The van der Waals surface area contributed by atoms with Gasteiger partial charge in [0.15, 0.2) is 0 Å². The maximum atomic E-state index is 12.5. The van der Waals surface area contributed by atoms with Gasteiger partial charge in [-0.2, -0.15) is 0 Å². The van der Waals surface area contributed by atoms with Crippen molar-refractivity contribution in [2.75, 3.05) is 25.1 Å². The van der Waals surface area contributed by atoms with Crippen LogP contribution in [0.5, 0.6) is 0 Å². The van der Waals surface area contributed by atoms with Gasteiger partial charge in [-0.05, 0) is 51.1 Å². The summed E-state index contributed by atoms with van der Waals surface area (Å²) >= 11 is 0. The highest BCUT2D eigenvalue weighted by Crippen LogP contribution is 2.25. The van der Waals surface area contributed by atoms with Crippen LogP contribution in [0.1, 0.15) is 18.1 Å². The van der Waals surface area contributed by atoms with E-state index in [0.717, 1.165) is 23.4 Å². The maximum absolute atomic E-state index is 12.5. The molecule has 2 atom stereocenters. The Bertz CT molecular complexity index is 467. The molecule has 0 saturated carbocycles. The molecule has 1 amide bonds. The SMILES string of the molecule is Cc1cc(C)cc(N2C(=O)C(CO)N(C)CC2C)c1. The lowest BCUT2D eigenvalue weighted by Crippen LogP contribution is -2.61. The van der Waals surface area contributed by atoms with Crippen molar-refractivity contribution in [2.24, 2.45) is 0 Å². The molecular weight excluding hydrogens is 240 g/mol. The van der Waals surface area contributed by atoms with Gasteiger partial charge in [0.25, 0.3) is 0 Å². The molecule has 1 aromatic rings. The van der Waals surface area contributed by atoms with Gasteiger partial charge >= 0.3 is 0 Å². The van der Waals surface area contributed by atoms with E-state index in [9.17, 15) is 9.90 Å². The van der Waals surface area contributed by atoms with Gasteiger partial charge in [0.1, 0.15) is 6.04 Å². The number of aryl methyl sites for hydroxylation is 2. The van der Waals surface area contributed by atoms with Crippen LogP contribution in [-0.4, -0.2) is 48.2 Å². The van der Waals surface area contributed by atoms with Crippen LogP contribution in [0, 0.1) is 13.8 Å². The first-order valence-electron chi connectivity index (χ1n) is 6.66. The number of anilines is 1. The molecule has 1 aliphatic heterocycles. The van der Waals surface area contributed by atoms with E-state index in [2.05, 4.69) is 6.07 Å². The molecule has 0 radical (unpaired) electrons. The van der Waals surface area contributed by atoms with Crippen LogP contribution < -0.4 is 4.90 Å². The summed E-state index contributed by atoms with van der Waals surface area (Å²) in [6.45, 7) is 6.74. The highest BCUT2D eigenvalue weighted by atomic mass is 16.3. The molecule has 1 saturated heterocycles. The van der Waals surface area contributed by atoms with E-state index in [0.29, 0.717) is 0 Å². The highest BCUT2D eigenvalue weighted by Gasteiger charge is 2.37. The van der Waals surface area contributed by atoms with Crippen molar-refractivity contribution in [1.82, 2.24) is 4.90 Å². The molecular formula is C15H22N2O2. The summed E-state index contributed by atoms with van der Waals surface area (Å²) in [6.07, 6.45) is 0. The Labute approximate surface area is 114 Å². The van der Waals surface area contributed by atoms with Crippen LogP contribution in [0.2, 0.25) is 0 Å². The first-order chi connectivity index (χ1) is 8.93. The predicted molar refractivity (Wildman–Crippen MR) is 76.4 cm³/mol. The molecule has 0 aliphatic carbocycles. The number of benzene rings is 1. The van der Waals surface area contributed by atoms with Crippen LogP contribution in [0.15, 0.2) is 18.2 Å². The topological polar surface area (TPSA) is 43.8 Å². The molecule has 1 N–H and O–H groups in total. The van der Waals surface area contributed by atoms with E-state index in [1.165, 1.54) is 0 Å². The minimum atomic E-state index is -0.433. The fourth-order valence-electron chi connectivity index (χ4n) is 2.88. The van der Waals surface area contributed by atoms with Gasteiger partial charge < -0.3 is 10.0 Å². The van der Waals surface area contributed by atoms with Crippen molar-refractivity contribution in [1.29, 1.82) is 0 Å². The molecule has 0 bridgehead atoms. The second-order valence-electron chi connectivity index (χ2n) is 5.54. The van der Waals surface area contributed by atoms with E-state index >= 15 is 0 Å². The fourth-order valence-corrected chi connectivity index (χ4v) is 2.88. The lowest BCUT2D eigenvalue weighted by Gasteiger charge is -2.42. The molecule has 4 nitrogen and oxygen atoms in total. The number of hydrogen-bond donors (Lipinski definition) is 1. The average Bonchev–Trinajstić information content (AvgIpc) is 2.27. The molecule has 0 spiro atoms. The van der Waals surface area contributed by atoms with E-state index in [1.54, 1.807) is 0 Å². The Hall–Kier alpha value is -1.39. The third-order valence-electron chi connectivity index (χ3n) is 3.71. The van der Waals surface area contributed by atoms with Crippen LogP contribution >= 0.6 is 0 Å².